The first-order valence-electron chi connectivity index (χ1n) is 13.6. The van der Waals surface area contributed by atoms with Gasteiger partial charge in [0.15, 0.2) is 6.10 Å². The molecule has 2 aliphatic heterocycles. The molecular weight excluding hydrogens is 566 g/mol. The number of phenolic OH excluding ortho intramolecular Hbond substituents is 1. The first-order valence-corrected chi connectivity index (χ1v) is 14.0. The number of aromatic hydroxyl groups is 1. The van der Waals surface area contributed by atoms with Crippen molar-refractivity contribution in [1.29, 1.82) is 0 Å². The zero-order valence-electron chi connectivity index (χ0n) is 22.5. The number of halogens is 1. The van der Waals surface area contributed by atoms with Gasteiger partial charge in [-0.05, 0) is 41.5 Å². The van der Waals surface area contributed by atoms with Crippen LogP contribution in [0.1, 0.15) is 10.4 Å². The number of rotatable bonds is 10. The summed E-state index contributed by atoms with van der Waals surface area (Å²) in [4.78, 5) is 20.1. The minimum Gasteiger partial charge on any atom is -0.507 e. The molecule has 220 valence electrons. The lowest BCUT2D eigenvalue weighted by Crippen LogP contribution is -2.34. The fourth-order valence-electron chi connectivity index (χ4n) is 5.22. The van der Waals surface area contributed by atoms with Gasteiger partial charge in [-0.1, -0.05) is 35.9 Å². The number of aliphatic hydroxyl groups excluding tert-OH is 2. The van der Waals surface area contributed by atoms with Crippen LogP contribution < -0.4 is 10.1 Å². The number of ether oxygens (including phenoxy) is 4. The predicted octanol–water partition coefficient (Wildman–Crippen LogP) is 2.90. The number of phenols is 1. The van der Waals surface area contributed by atoms with Crippen LogP contribution in [0.25, 0.3) is 33.3 Å². The van der Waals surface area contributed by atoms with Gasteiger partial charge in [-0.25, -0.2) is 0 Å². The number of aliphatic hydroxyl groups is 2. The smallest absolute Gasteiger partial charge is 0.295 e. The zero-order chi connectivity index (χ0) is 29.2. The molecule has 2 fully saturated rings. The molecular formula is C30H30ClN3O8. The minimum absolute atomic E-state index is 0.0214. The number of imidazole rings is 1. The standard InChI is InChI=1S/C30H30ClN3O8/c31-21-13-23-22(33-30(34-23)42-26-15-41-27-25(37)14-40-28(26)27)12-20(21)17-3-1-16(2-4-17)19-6-5-18(11-24(19)36)29(38)32-7-9-39-10-8-35/h1-6,11-13,25-28,35-37H,7-10,14-15H2,(H,32,38)(H,33,34)/t25-,26-,27-,28-/m1/s1. The highest BCUT2D eigenvalue weighted by molar-refractivity contribution is 6.34. The predicted molar refractivity (Wildman–Crippen MR) is 154 cm³/mol. The summed E-state index contributed by atoms with van der Waals surface area (Å²) >= 11 is 6.64. The van der Waals surface area contributed by atoms with Crippen molar-refractivity contribution in [3.05, 3.63) is 65.2 Å². The molecule has 1 amide bonds. The summed E-state index contributed by atoms with van der Waals surface area (Å²) in [6, 6.07) is 16.3. The molecule has 0 bridgehead atoms. The second-order valence-corrected chi connectivity index (χ2v) is 10.5. The maximum Gasteiger partial charge on any atom is 0.295 e. The fourth-order valence-corrected chi connectivity index (χ4v) is 5.50. The summed E-state index contributed by atoms with van der Waals surface area (Å²) in [5.41, 5.74) is 4.69. The summed E-state index contributed by atoms with van der Waals surface area (Å²) in [5, 5.41) is 32.6. The summed E-state index contributed by atoms with van der Waals surface area (Å²) in [7, 11) is 0. The number of nitrogens with one attached hydrogen (secondary N) is 2. The van der Waals surface area contributed by atoms with Crippen molar-refractivity contribution < 1.29 is 39.1 Å². The number of hydrogen-bond acceptors (Lipinski definition) is 9. The van der Waals surface area contributed by atoms with Crippen molar-refractivity contribution in [3.8, 4) is 34.0 Å². The number of aromatic amines is 1. The summed E-state index contributed by atoms with van der Waals surface area (Å²) in [6.45, 7) is 1.24. The van der Waals surface area contributed by atoms with E-state index < -0.39 is 12.2 Å². The summed E-state index contributed by atoms with van der Waals surface area (Å²) in [5.74, 6) is -0.352. The average Bonchev–Trinajstić information content (AvgIpc) is 3.68. The lowest BCUT2D eigenvalue weighted by Gasteiger charge is -2.15. The number of carbonyl (C=O) groups is 1. The Bertz CT molecular complexity index is 1580. The number of amides is 1. The highest BCUT2D eigenvalue weighted by Crippen LogP contribution is 2.36. The van der Waals surface area contributed by atoms with E-state index in [1.807, 2.05) is 30.3 Å². The van der Waals surface area contributed by atoms with Crippen molar-refractivity contribution in [1.82, 2.24) is 15.3 Å². The van der Waals surface area contributed by atoms with Crippen LogP contribution in [0.4, 0.5) is 0 Å². The van der Waals surface area contributed by atoms with Gasteiger partial charge in [-0.2, -0.15) is 4.98 Å². The van der Waals surface area contributed by atoms with Crippen LogP contribution >= 0.6 is 11.6 Å². The number of H-pyrrole nitrogens is 1. The zero-order valence-corrected chi connectivity index (χ0v) is 23.2. The van der Waals surface area contributed by atoms with E-state index in [-0.39, 0.29) is 50.3 Å². The SMILES string of the molecule is O=C(NCCOCCO)c1ccc(-c2ccc(-c3cc4nc(O[C@@H]5CO[C@H]6[C@@H]5OC[C@H]6O)[nH]c4cc3Cl)cc2)c(O)c1. The monoisotopic (exact) mass is 595 g/mol. The molecule has 3 heterocycles. The van der Waals surface area contributed by atoms with Gasteiger partial charge in [0, 0.05) is 23.2 Å². The molecule has 5 N–H and O–H groups in total. The maximum absolute atomic E-state index is 12.4. The Labute approximate surface area is 246 Å². The molecule has 4 atom stereocenters. The Balaban J connectivity index is 1.14. The molecule has 12 heteroatoms. The quantitative estimate of drug-likeness (QED) is 0.174. The Morgan fingerprint density at radius 1 is 1.02 bits per heavy atom. The van der Waals surface area contributed by atoms with Crippen LogP contribution in [0.5, 0.6) is 11.8 Å². The van der Waals surface area contributed by atoms with E-state index in [9.17, 15) is 15.0 Å². The van der Waals surface area contributed by atoms with Crippen molar-refractivity contribution in [2.24, 2.45) is 0 Å². The first kappa shape index (κ1) is 28.4. The molecule has 4 aromatic rings. The lowest BCUT2D eigenvalue weighted by molar-refractivity contribution is 0.00706. The Morgan fingerprint density at radius 2 is 1.79 bits per heavy atom. The van der Waals surface area contributed by atoms with Crippen molar-refractivity contribution in [2.75, 3.05) is 39.6 Å². The van der Waals surface area contributed by atoms with Crippen LogP contribution in [0.15, 0.2) is 54.6 Å². The van der Waals surface area contributed by atoms with E-state index in [1.165, 1.54) is 6.07 Å². The molecule has 1 aromatic heterocycles. The number of carbonyl (C=O) groups excluding carboxylic acids is 1. The second-order valence-electron chi connectivity index (χ2n) is 10.1. The third kappa shape index (κ3) is 5.80. The van der Waals surface area contributed by atoms with E-state index >= 15 is 0 Å². The van der Waals surface area contributed by atoms with E-state index in [1.54, 1.807) is 18.2 Å². The molecule has 0 aliphatic carbocycles. The summed E-state index contributed by atoms with van der Waals surface area (Å²) in [6.07, 6.45) is -1.78. The van der Waals surface area contributed by atoms with Gasteiger partial charge in [-0.3, -0.25) is 4.79 Å². The molecule has 0 saturated carbocycles. The second kappa shape index (κ2) is 12.3. The molecule has 0 spiro atoms. The average molecular weight is 596 g/mol. The van der Waals surface area contributed by atoms with Crippen LogP contribution in [-0.2, 0) is 14.2 Å². The van der Waals surface area contributed by atoms with Gasteiger partial charge in [0.05, 0.1) is 49.1 Å². The van der Waals surface area contributed by atoms with Crippen LogP contribution in [0, 0.1) is 0 Å². The number of fused-ring (bicyclic) bond motifs is 2. The van der Waals surface area contributed by atoms with Gasteiger partial charge >= 0.3 is 0 Å². The number of benzene rings is 3. The van der Waals surface area contributed by atoms with Crippen molar-refractivity contribution >= 4 is 28.5 Å². The van der Waals surface area contributed by atoms with Gasteiger partial charge < -0.3 is 44.6 Å². The Morgan fingerprint density at radius 3 is 2.55 bits per heavy atom. The van der Waals surface area contributed by atoms with Crippen LogP contribution in [-0.4, -0.2) is 95.2 Å². The minimum atomic E-state index is -0.656. The fraction of sp³-hybridized carbons (Fsp3) is 0.333. The molecule has 6 rings (SSSR count). The molecule has 3 aromatic carbocycles. The van der Waals surface area contributed by atoms with Gasteiger partial charge in [0.2, 0.25) is 0 Å². The molecule has 11 nitrogen and oxygen atoms in total. The third-order valence-corrected chi connectivity index (χ3v) is 7.64. The van der Waals surface area contributed by atoms with E-state index in [4.69, 9.17) is 35.7 Å². The lowest BCUT2D eigenvalue weighted by atomic mass is 9.98. The van der Waals surface area contributed by atoms with Gasteiger partial charge in [0.1, 0.15) is 24.1 Å². The molecule has 0 radical (unpaired) electrons. The van der Waals surface area contributed by atoms with Gasteiger partial charge in [0.25, 0.3) is 11.9 Å². The molecule has 42 heavy (non-hydrogen) atoms. The Kier molecular flexibility index (Phi) is 8.29. The summed E-state index contributed by atoms with van der Waals surface area (Å²) < 4.78 is 22.4. The third-order valence-electron chi connectivity index (χ3n) is 7.33. The van der Waals surface area contributed by atoms with Crippen LogP contribution in [0.2, 0.25) is 5.02 Å². The van der Waals surface area contributed by atoms with Gasteiger partial charge in [-0.15, -0.1) is 0 Å². The maximum atomic E-state index is 12.4. The highest BCUT2D eigenvalue weighted by atomic mass is 35.5. The molecule has 2 saturated heterocycles. The normalized spacial score (nSPS) is 21.5. The van der Waals surface area contributed by atoms with Crippen LogP contribution in [0.3, 0.4) is 0 Å². The molecule has 0 unspecified atom stereocenters. The molecule has 2 aliphatic rings. The largest absolute Gasteiger partial charge is 0.507 e. The van der Waals surface area contributed by atoms with E-state index in [2.05, 4.69) is 15.3 Å². The number of aromatic nitrogens is 2. The van der Waals surface area contributed by atoms with Crippen molar-refractivity contribution in [2.45, 2.75) is 24.4 Å². The van der Waals surface area contributed by atoms with E-state index in [0.29, 0.717) is 46.3 Å². The highest BCUT2D eigenvalue weighted by Gasteiger charge is 2.48. The number of nitrogens with zero attached hydrogens (tertiary/aromatic N) is 1. The van der Waals surface area contributed by atoms with E-state index in [0.717, 1.165) is 16.7 Å². The van der Waals surface area contributed by atoms with Crippen molar-refractivity contribution in [3.63, 3.8) is 0 Å². The number of hydrogen-bond donors (Lipinski definition) is 5. The Hall–Kier alpha value is -3.71. The topological polar surface area (TPSA) is 155 Å². The first-order chi connectivity index (χ1) is 20.4.